The van der Waals surface area contributed by atoms with Gasteiger partial charge in [-0.05, 0) is 42.0 Å². The number of hydrogen-bond acceptors (Lipinski definition) is 5. The lowest BCUT2D eigenvalue weighted by Crippen LogP contribution is -2.03. The van der Waals surface area contributed by atoms with Crippen LogP contribution in [0.4, 0.5) is 0 Å². The van der Waals surface area contributed by atoms with E-state index in [1.807, 2.05) is 6.07 Å². The molecule has 1 unspecified atom stereocenters. The fourth-order valence-electron chi connectivity index (χ4n) is 1.80. The summed E-state index contributed by atoms with van der Waals surface area (Å²) in [6.45, 7) is 0.337. The number of rotatable bonds is 5. The average Bonchev–Trinajstić information content (AvgIpc) is 2.46. The third-order valence-corrected chi connectivity index (χ3v) is 5.42. The van der Waals surface area contributed by atoms with Crippen LogP contribution in [0.15, 0.2) is 52.4 Å². The molecule has 21 heavy (non-hydrogen) atoms. The Morgan fingerprint density at radius 3 is 2.43 bits per heavy atom. The number of hydrogen-bond donors (Lipinski definition) is 1. The molecule has 0 bridgehead atoms. The number of nitrogens with two attached hydrogens (primary N) is 1. The fourth-order valence-corrected chi connectivity index (χ4v) is 3.52. The van der Waals surface area contributed by atoms with Gasteiger partial charge in [0.25, 0.3) is 0 Å². The maximum absolute atomic E-state index is 12.3. The maximum atomic E-state index is 12.3. The van der Waals surface area contributed by atoms with Gasteiger partial charge in [-0.25, -0.2) is 8.42 Å². The summed E-state index contributed by atoms with van der Waals surface area (Å²) < 4.78 is 35.0. The minimum Gasteiger partial charge on any atom is -0.325 e. The molecule has 0 aliphatic rings. The average molecular weight is 324 g/mol. The highest BCUT2D eigenvalue weighted by molar-refractivity contribution is 7.90. The highest BCUT2D eigenvalue weighted by Gasteiger charge is 2.10. The summed E-state index contributed by atoms with van der Waals surface area (Å²) in [4.78, 5) is 4.90. The summed E-state index contributed by atoms with van der Waals surface area (Å²) in [5, 5.41) is 0. The van der Waals surface area contributed by atoms with Crippen molar-refractivity contribution >= 4 is 20.6 Å². The van der Waals surface area contributed by atoms with Gasteiger partial charge in [-0.1, -0.05) is 0 Å². The predicted octanol–water partition coefficient (Wildman–Crippen LogP) is 1.25. The Kier molecular flexibility index (Phi) is 4.87. The van der Waals surface area contributed by atoms with E-state index in [1.165, 1.54) is 12.1 Å². The Labute approximate surface area is 126 Å². The first kappa shape index (κ1) is 15.8. The van der Waals surface area contributed by atoms with Gasteiger partial charge in [0, 0.05) is 23.9 Å². The monoisotopic (exact) mass is 324 g/mol. The van der Waals surface area contributed by atoms with Crippen molar-refractivity contribution in [3.05, 3.63) is 53.9 Å². The van der Waals surface area contributed by atoms with Crippen molar-refractivity contribution < 1.29 is 12.6 Å². The van der Waals surface area contributed by atoms with Crippen LogP contribution in [0.1, 0.15) is 11.3 Å². The number of sulfone groups is 1. The summed E-state index contributed by atoms with van der Waals surface area (Å²) in [6, 6.07) is 9.72. The standard InChI is InChI=1S/C14H16N2O3S2/c1-21(18,19)14-4-2-13(3-5-14)20(17)10-11-6-7-16-12(8-11)9-15/h2-8H,9-10,15H2,1H3. The van der Waals surface area contributed by atoms with Crippen LogP contribution in [0.5, 0.6) is 0 Å². The van der Waals surface area contributed by atoms with Gasteiger partial charge in [0.1, 0.15) is 0 Å². The first-order valence-corrected chi connectivity index (χ1v) is 9.43. The van der Waals surface area contributed by atoms with Crippen LogP contribution < -0.4 is 5.73 Å². The van der Waals surface area contributed by atoms with Crippen LogP contribution >= 0.6 is 0 Å². The Balaban J connectivity index is 2.16. The Bertz CT molecular complexity index is 756. The molecule has 1 atom stereocenters. The summed E-state index contributed by atoms with van der Waals surface area (Å²) in [5.74, 6) is 0.341. The third kappa shape index (κ3) is 4.20. The number of pyridine rings is 1. The molecule has 112 valence electrons. The van der Waals surface area contributed by atoms with Crippen LogP contribution in [-0.2, 0) is 32.9 Å². The van der Waals surface area contributed by atoms with Gasteiger partial charge in [-0.2, -0.15) is 0 Å². The van der Waals surface area contributed by atoms with E-state index in [4.69, 9.17) is 5.73 Å². The lowest BCUT2D eigenvalue weighted by molar-refractivity contribution is 0.601. The molecule has 2 rings (SSSR count). The molecular formula is C14H16N2O3S2. The van der Waals surface area contributed by atoms with Gasteiger partial charge in [0.05, 0.1) is 27.1 Å². The van der Waals surface area contributed by atoms with Gasteiger partial charge >= 0.3 is 0 Å². The molecule has 1 aromatic heterocycles. The number of benzene rings is 1. The van der Waals surface area contributed by atoms with Crippen LogP contribution in [0.2, 0.25) is 0 Å². The molecule has 0 saturated heterocycles. The minimum atomic E-state index is -3.23. The van der Waals surface area contributed by atoms with E-state index in [0.29, 0.717) is 17.2 Å². The summed E-state index contributed by atoms with van der Waals surface area (Å²) >= 11 is 0. The van der Waals surface area contributed by atoms with Crippen molar-refractivity contribution in [2.75, 3.05) is 6.26 Å². The summed E-state index contributed by atoms with van der Waals surface area (Å²) in [6.07, 6.45) is 2.78. The zero-order valence-electron chi connectivity index (χ0n) is 11.5. The highest BCUT2D eigenvalue weighted by Crippen LogP contribution is 2.16. The van der Waals surface area contributed by atoms with Gasteiger partial charge < -0.3 is 5.73 Å². The van der Waals surface area contributed by atoms with E-state index >= 15 is 0 Å². The predicted molar refractivity (Wildman–Crippen MR) is 81.8 cm³/mol. The van der Waals surface area contributed by atoms with E-state index in [9.17, 15) is 12.6 Å². The van der Waals surface area contributed by atoms with E-state index in [-0.39, 0.29) is 4.90 Å². The third-order valence-electron chi connectivity index (χ3n) is 2.90. The van der Waals surface area contributed by atoms with Crippen molar-refractivity contribution in [3.63, 3.8) is 0 Å². The van der Waals surface area contributed by atoms with Crippen molar-refractivity contribution in [2.24, 2.45) is 5.73 Å². The maximum Gasteiger partial charge on any atom is 0.175 e. The summed E-state index contributed by atoms with van der Waals surface area (Å²) in [7, 11) is -4.48. The molecule has 2 aromatic rings. The fraction of sp³-hybridized carbons (Fsp3) is 0.214. The largest absolute Gasteiger partial charge is 0.325 e. The van der Waals surface area contributed by atoms with Crippen molar-refractivity contribution in [1.29, 1.82) is 0 Å². The van der Waals surface area contributed by atoms with Crippen LogP contribution in [-0.4, -0.2) is 23.9 Å². The van der Waals surface area contributed by atoms with Crippen molar-refractivity contribution in [3.8, 4) is 0 Å². The molecule has 0 saturated carbocycles. The van der Waals surface area contributed by atoms with Crippen LogP contribution in [0.25, 0.3) is 0 Å². The lowest BCUT2D eigenvalue weighted by Gasteiger charge is -2.05. The molecule has 0 aliphatic carbocycles. The van der Waals surface area contributed by atoms with Crippen molar-refractivity contribution in [2.45, 2.75) is 22.1 Å². The second-order valence-corrected chi connectivity index (χ2v) is 8.06. The smallest absolute Gasteiger partial charge is 0.175 e. The zero-order chi connectivity index (χ0) is 15.5. The number of nitrogens with zero attached hydrogens (tertiary/aromatic N) is 1. The Hall–Kier alpha value is -1.57. The van der Waals surface area contributed by atoms with Gasteiger partial charge in [0.15, 0.2) is 9.84 Å². The van der Waals surface area contributed by atoms with E-state index < -0.39 is 20.6 Å². The highest BCUT2D eigenvalue weighted by atomic mass is 32.2. The topological polar surface area (TPSA) is 90.1 Å². The van der Waals surface area contributed by atoms with E-state index in [2.05, 4.69) is 4.98 Å². The van der Waals surface area contributed by atoms with E-state index in [0.717, 1.165) is 17.5 Å². The lowest BCUT2D eigenvalue weighted by atomic mass is 10.2. The Morgan fingerprint density at radius 1 is 1.19 bits per heavy atom. The normalized spacial score (nSPS) is 13.0. The molecule has 0 fully saturated rings. The summed E-state index contributed by atoms with van der Waals surface area (Å²) in [5.41, 5.74) is 7.16. The van der Waals surface area contributed by atoms with Crippen molar-refractivity contribution in [1.82, 2.24) is 4.98 Å². The molecule has 0 aliphatic heterocycles. The molecule has 0 amide bonds. The second-order valence-electron chi connectivity index (χ2n) is 4.59. The van der Waals surface area contributed by atoms with Gasteiger partial charge in [-0.15, -0.1) is 0 Å². The molecule has 2 N–H and O–H groups in total. The zero-order valence-corrected chi connectivity index (χ0v) is 13.2. The quantitative estimate of drug-likeness (QED) is 0.894. The molecule has 1 heterocycles. The van der Waals surface area contributed by atoms with Crippen LogP contribution in [0, 0.1) is 0 Å². The minimum absolute atomic E-state index is 0.220. The first-order chi connectivity index (χ1) is 9.90. The van der Waals surface area contributed by atoms with E-state index in [1.54, 1.807) is 24.4 Å². The van der Waals surface area contributed by atoms with Gasteiger partial charge in [-0.3, -0.25) is 9.19 Å². The van der Waals surface area contributed by atoms with Crippen LogP contribution in [0.3, 0.4) is 0 Å². The van der Waals surface area contributed by atoms with Gasteiger partial charge in [0.2, 0.25) is 0 Å². The SMILES string of the molecule is CS(=O)(=O)c1ccc(S(=O)Cc2ccnc(CN)c2)cc1. The molecule has 1 aromatic carbocycles. The molecular weight excluding hydrogens is 308 g/mol. The second kappa shape index (κ2) is 6.46. The molecule has 0 spiro atoms. The molecule has 0 radical (unpaired) electrons. The Morgan fingerprint density at radius 2 is 1.86 bits per heavy atom. The first-order valence-electron chi connectivity index (χ1n) is 6.22. The molecule has 5 nitrogen and oxygen atoms in total. The number of aromatic nitrogens is 1. The molecule has 7 heteroatoms.